The van der Waals surface area contributed by atoms with E-state index < -0.39 is 0 Å². The van der Waals surface area contributed by atoms with Crippen LogP contribution in [0, 0.1) is 0 Å². The molecule has 33 heavy (non-hydrogen) atoms. The largest absolute Gasteiger partial charge is 0.383 e. The first kappa shape index (κ1) is 23.5. The number of hydrogen-bond acceptors (Lipinski definition) is 6. The first-order chi connectivity index (χ1) is 16.1. The number of pyridine rings is 2. The monoisotopic (exact) mass is 482 g/mol. The molecule has 2 aromatic carbocycles. The van der Waals surface area contributed by atoms with Crippen molar-refractivity contribution in [1.82, 2.24) is 20.2 Å². The van der Waals surface area contributed by atoms with Gasteiger partial charge in [-0.2, -0.15) is 0 Å². The van der Waals surface area contributed by atoms with Gasteiger partial charge in [-0.3, -0.25) is 14.9 Å². The van der Waals surface area contributed by atoms with Gasteiger partial charge in [-0.1, -0.05) is 23.2 Å². The average molecular weight is 483 g/mol. The Labute approximate surface area is 204 Å². The highest BCUT2D eigenvalue weighted by Gasteiger charge is 2.08. The van der Waals surface area contributed by atoms with E-state index in [9.17, 15) is 0 Å². The van der Waals surface area contributed by atoms with Crippen LogP contribution in [-0.2, 0) is 0 Å². The molecule has 0 fully saturated rings. The van der Waals surface area contributed by atoms with Crippen molar-refractivity contribution < 1.29 is 0 Å². The Bertz CT molecular complexity index is 1120. The predicted octanol–water partition coefficient (Wildman–Crippen LogP) is 5.14. The summed E-state index contributed by atoms with van der Waals surface area (Å²) in [4.78, 5) is 11.3. The number of hydrogen-bond donors (Lipinski definition) is 3. The minimum Gasteiger partial charge on any atom is -0.383 e. The molecule has 0 amide bonds. The molecule has 0 bridgehead atoms. The van der Waals surface area contributed by atoms with Gasteiger partial charge in [0.25, 0.3) is 0 Å². The molecular weight excluding hydrogens is 455 g/mol. The van der Waals surface area contributed by atoms with Gasteiger partial charge in [0, 0.05) is 83.9 Å². The number of halogens is 2. The van der Waals surface area contributed by atoms with E-state index in [4.69, 9.17) is 23.2 Å². The van der Waals surface area contributed by atoms with Crippen LogP contribution in [0.2, 0.25) is 10.0 Å². The Morgan fingerprint density at radius 1 is 0.697 bits per heavy atom. The van der Waals surface area contributed by atoms with Crippen molar-refractivity contribution in [2.75, 3.05) is 56.9 Å². The van der Waals surface area contributed by atoms with Crippen LogP contribution in [0.5, 0.6) is 0 Å². The molecule has 2 aromatic heterocycles. The quantitative estimate of drug-likeness (QED) is 0.275. The summed E-state index contributed by atoms with van der Waals surface area (Å²) in [6, 6.07) is 15.6. The maximum atomic E-state index is 6.11. The number of fused-ring (bicyclic) bond motifs is 2. The highest BCUT2D eigenvalue weighted by Crippen LogP contribution is 2.25. The summed E-state index contributed by atoms with van der Waals surface area (Å²) in [6.45, 7) is 5.43. The lowest BCUT2D eigenvalue weighted by molar-refractivity contribution is 0.296. The second-order valence-corrected chi connectivity index (χ2v) is 8.71. The lowest BCUT2D eigenvalue weighted by Gasteiger charge is -2.23. The van der Waals surface area contributed by atoms with Gasteiger partial charge in [0.05, 0.1) is 11.0 Å². The summed E-state index contributed by atoms with van der Waals surface area (Å²) in [5.74, 6) is 0. The van der Waals surface area contributed by atoms with Crippen LogP contribution in [0.15, 0.2) is 60.9 Å². The highest BCUT2D eigenvalue weighted by atomic mass is 35.5. The van der Waals surface area contributed by atoms with Crippen molar-refractivity contribution in [3.05, 3.63) is 71.0 Å². The number of aromatic nitrogens is 2. The second kappa shape index (κ2) is 11.5. The summed E-state index contributed by atoms with van der Waals surface area (Å²) in [5.41, 5.74) is 3.94. The summed E-state index contributed by atoms with van der Waals surface area (Å²) in [7, 11) is 1.98. The van der Waals surface area contributed by atoms with E-state index in [-0.39, 0.29) is 0 Å². The van der Waals surface area contributed by atoms with Crippen LogP contribution >= 0.6 is 23.2 Å². The first-order valence-electron chi connectivity index (χ1n) is 11.1. The Balaban J connectivity index is 1.34. The molecule has 4 rings (SSSR count). The van der Waals surface area contributed by atoms with Crippen LogP contribution in [0.1, 0.15) is 0 Å². The molecule has 0 spiro atoms. The molecule has 0 saturated carbocycles. The third-order valence-electron chi connectivity index (χ3n) is 5.57. The van der Waals surface area contributed by atoms with Gasteiger partial charge in [-0.25, -0.2) is 0 Å². The molecule has 0 unspecified atom stereocenters. The molecule has 0 aliphatic heterocycles. The van der Waals surface area contributed by atoms with Crippen molar-refractivity contribution in [2.24, 2.45) is 0 Å². The predicted molar refractivity (Wildman–Crippen MR) is 141 cm³/mol. The van der Waals surface area contributed by atoms with Crippen LogP contribution in [0.25, 0.3) is 21.8 Å². The van der Waals surface area contributed by atoms with Gasteiger partial charge in [-0.05, 0) is 55.6 Å². The lowest BCUT2D eigenvalue weighted by atomic mass is 10.2. The maximum absolute atomic E-state index is 6.11. The zero-order chi connectivity index (χ0) is 23.0. The van der Waals surface area contributed by atoms with Crippen LogP contribution in [-0.4, -0.2) is 61.2 Å². The number of benzene rings is 2. The first-order valence-corrected chi connectivity index (χ1v) is 11.8. The highest BCUT2D eigenvalue weighted by molar-refractivity contribution is 6.31. The number of nitrogens with one attached hydrogen (secondary N) is 3. The summed E-state index contributed by atoms with van der Waals surface area (Å²) >= 11 is 12.2. The minimum atomic E-state index is 0.697. The van der Waals surface area contributed by atoms with E-state index in [0.29, 0.717) is 10.0 Å². The molecule has 0 aliphatic rings. The van der Waals surface area contributed by atoms with E-state index in [0.717, 1.165) is 72.4 Å². The van der Waals surface area contributed by atoms with Gasteiger partial charge in [0.15, 0.2) is 0 Å². The summed E-state index contributed by atoms with van der Waals surface area (Å²) < 4.78 is 0. The Morgan fingerprint density at radius 3 is 1.67 bits per heavy atom. The second-order valence-electron chi connectivity index (χ2n) is 7.84. The fourth-order valence-electron chi connectivity index (χ4n) is 3.85. The van der Waals surface area contributed by atoms with Crippen LogP contribution in [0.4, 0.5) is 11.4 Å². The Kier molecular flexibility index (Phi) is 8.18. The normalized spacial score (nSPS) is 11.4. The third kappa shape index (κ3) is 6.24. The van der Waals surface area contributed by atoms with Crippen molar-refractivity contribution in [3.63, 3.8) is 0 Å². The third-order valence-corrected chi connectivity index (χ3v) is 6.04. The molecule has 0 aliphatic carbocycles. The average Bonchev–Trinajstić information content (AvgIpc) is 2.82. The van der Waals surface area contributed by atoms with Gasteiger partial charge in [0.1, 0.15) is 0 Å². The van der Waals surface area contributed by atoms with Crippen LogP contribution in [0.3, 0.4) is 0 Å². The zero-order valence-corrected chi connectivity index (χ0v) is 20.1. The van der Waals surface area contributed by atoms with Gasteiger partial charge in [-0.15, -0.1) is 0 Å². The molecule has 2 heterocycles. The van der Waals surface area contributed by atoms with E-state index in [1.54, 1.807) is 0 Å². The molecule has 4 aromatic rings. The molecular formula is C25H28Cl2N6. The van der Waals surface area contributed by atoms with Crippen molar-refractivity contribution in [2.45, 2.75) is 0 Å². The molecule has 0 saturated heterocycles. The smallest absolute Gasteiger partial charge is 0.0737 e. The number of nitrogens with zero attached hydrogens (tertiary/aromatic N) is 3. The van der Waals surface area contributed by atoms with Crippen molar-refractivity contribution >= 4 is 56.4 Å². The Hall–Kier alpha value is -2.64. The van der Waals surface area contributed by atoms with Crippen molar-refractivity contribution in [1.29, 1.82) is 0 Å². The SMILES string of the molecule is CNCCN(CCNc1ccnc2cc(Cl)ccc12)CCNc1ccnc2cc(Cl)ccc12. The van der Waals surface area contributed by atoms with Gasteiger partial charge in [0.2, 0.25) is 0 Å². The number of anilines is 2. The van der Waals surface area contributed by atoms with Gasteiger partial charge < -0.3 is 16.0 Å². The lowest BCUT2D eigenvalue weighted by Crippen LogP contribution is -2.37. The molecule has 6 nitrogen and oxygen atoms in total. The van der Waals surface area contributed by atoms with E-state index in [2.05, 4.69) is 30.8 Å². The maximum Gasteiger partial charge on any atom is 0.0737 e. The topological polar surface area (TPSA) is 65.1 Å². The summed E-state index contributed by atoms with van der Waals surface area (Å²) in [5, 5.41) is 13.9. The molecule has 8 heteroatoms. The molecule has 0 radical (unpaired) electrons. The fraction of sp³-hybridized carbons (Fsp3) is 0.280. The molecule has 172 valence electrons. The fourth-order valence-corrected chi connectivity index (χ4v) is 4.19. The summed E-state index contributed by atoms with van der Waals surface area (Å²) in [6.07, 6.45) is 3.63. The zero-order valence-electron chi connectivity index (χ0n) is 18.6. The van der Waals surface area contributed by atoms with E-state index >= 15 is 0 Å². The number of rotatable bonds is 11. The number of likely N-dealkylation sites (N-methyl/N-ethyl adjacent to an activating group) is 1. The standard InChI is InChI=1S/C25H28Cl2N6/c1-28-10-13-33(14-11-31-22-6-8-29-24-16-18(26)2-4-20(22)24)15-12-32-23-7-9-30-25-17-19(27)3-5-21(23)25/h2-9,16-17,28H,10-15H2,1H3,(H,29,31)(H,30,32). The van der Waals surface area contributed by atoms with Crippen LogP contribution < -0.4 is 16.0 Å². The Morgan fingerprint density at radius 2 is 1.18 bits per heavy atom. The van der Waals surface area contributed by atoms with E-state index in [1.807, 2.05) is 68.0 Å². The molecule has 0 atom stereocenters. The van der Waals surface area contributed by atoms with Gasteiger partial charge >= 0.3 is 0 Å². The van der Waals surface area contributed by atoms with E-state index in [1.165, 1.54) is 0 Å². The molecule has 3 N–H and O–H groups in total. The minimum absolute atomic E-state index is 0.697. The van der Waals surface area contributed by atoms with Crippen molar-refractivity contribution in [3.8, 4) is 0 Å².